The molecule has 0 saturated heterocycles. The second kappa shape index (κ2) is 2.60. The van der Waals surface area contributed by atoms with Gasteiger partial charge in [0.1, 0.15) is 11.0 Å². The summed E-state index contributed by atoms with van der Waals surface area (Å²) in [5.41, 5.74) is 2.52. The fourth-order valence-electron chi connectivity index (χ4n) is 1.11. The molecule has 12 heavy (non-hydrogen) atoms. The van der Waals surface area contributed by atoms with Gasteiger partial charge in [0.2, 0.25) is 0 Å². The molecular formula is C8H6ClN3. The highest BCUT2D eigenvalue weighted by Crippen LogP contribution is 2.17. The summed E-state index contributed by atoms with van der Waals surface area (Å²) in [6.07, 6.45) is 5.05. The van der Waals surface area contributed by atoms with Crippen LogP contribution < -0.4 is 0 Å². The van der Waals surface area contributed by atoms with Crippen molar-refractivity contribution in [2.24, 2.45) is 0 Å². The number of halogens is 1. The zero-order valence-electron chi connectivity index (χ0n) is 6.24. The van der Waals surface area contributed by atoms with Crippen molar-refractivity contribution in [3.63, 3.8) is 0 Å². The Labute approximate surface area is 74.4 Å². The molecule has 0 N–H and O–H groups in total. The summed E-state index contributed by atoms with van der Waals surface area (Å²) in [6, 6.07) is 1.84. The van der Waals surface area contributed by atoms with Crippen molar-refractivity contribution in [2.45, 2.75) is 0 Å². The highest BCUT2D eigenvalue weighted by Gasteiger charge is 2.04. The summed E-state index contributed by atoms with van der Waals surface area (Å²) >= 11 is 5.77. The zero-order chi connectivity index (χ0) is 8.55. The monoisotopic (exact) mass is 179 g/mol. The lowest BCUT2D eigenvalue weighted by Gasteiger charge is -1.95. The van der Waals surface area contributed by atoms with Crippen LogP contribution in [0, 0.1) is 0 Å². The van der Waals surface area contributed by atoms with Crippen LogP contribution in [0.15, 0.2) is 25.0 Å². The fourth-order valence-corrected chi connectivity index (χ4v) is 1.34. The van der Waals surface area contributed by atoms with Gasteiger partial charge in [0.25, 0.3) is 0 Å². The Kier molecular flexibility index (Phi) is 1.59. The molecule has 60 valence electrons. The van der Waals surface area contributed by atoms with Gasteiger partial charge in [-0.1, -0.05) is 12.7 Å². The van der Waals surface area contributed by atoms with Gasteiger partial charge in [-0.05, 0) is 6.07 Å². The lowest BCUT2D eigenvalue weighted by Crippen LogP contribution is -1.85. The van der Waals surface area contributed by atoms with E-state index >= 15 is 0 Å². The van der Waals surface area contributed by atoms with E-state index in [1.54, 1.807) is 18.5 Å². The molecule has 0 spiro atoms. The topological polar surface area (TPSA) is 30.7 Å². The molecule has 2 rings (SSSR count). The minimum atomic E-state index is 0.780. The molecule has 2 aromatic rings. The SMILES string of the molecule is C=Cc1ccnc2cnn(Cl)c12. The molecular weight excluding hydrogens is 174 g/mol. The maximum atomic E-state index is 5.77. The van der Waals surface area contributed by atoms with Crippen LogP contribution in [0.1, 0.15) is 5.56 Å². The number of rotatable bonds is 1. The quantitative estimate of drug-likeness (QED) is 0.671. The minimum Gasteiger partial charge on any atom is -0.253 e. The average Bonchev–Trinajstić information content (AvgIpc) is 2.48. The first-order valence-electron chi connectivity index (χ1n) is 3.44. The van der Waals surface area contributed by atoms with E-state index in [1.165, 1.54) is 4.20 Å². The van der Waals surface area contributed by atoms with E-state index in [4.69, 9.17) is 11.8 Å². The van der Waals surface area contributed by atoms with Gasteiger partial charge >= 0.3 is 0 Å². The Bertz CT molecular complexity index is 433. The molecule has 0 aliphatic carbocycles. The molecule has 0 aliphatic heterocycles. The molecule has 2 heterocycles. The Morgan fingerprint density at radius 1 is 1.58 bits per heavy atom. The highest BCUT2D eigenvalue weighted by atomic mass is 35.5. The summed E-state index contributed by atoms with van der Waals surface area (Å²) in [5, 5.41) is 3.88. The smallest absolute Gasteiger partial charge is 0.113 e. The third kappa shape index (κ3) is 0.905. The van der Waals surface area contributed by atoms with Crippen LogP contribution in [0.25, 0.3) is 17.1 Å². The van der Waals surface area contributed by atoms with Crippen molar-refractivity contribution in [3.05, 3.63) is 30.6 Å². The summed E-state index contributed by atoms with van der Waals surface area (Å²) < 4.78 is 1.28. The van der Waals surface area contributed by atoms with Crippen LogP contribution in [0.2, 0.25) is 0 Å². The molecule has 4 heteroatoms. The van der Waals surface area contributed by atoms with E-state index in [0.717, 1.165) is 16.6 Å². The fraction of sp³-hybridized carbons (Fsp3) is 0. The van der Waals surface area contributed by atoms with Crippen molar-refractivity contribution in [1.82, 2.24) is 14.3 Å². The number of aromatic nitrogens is 3. The number of hydrogen-bond acceptors (Lipinski definition) is 2. The first-order chi connectivity index (χ1) is 5.83. The summed E-state index contributed by atoms with van der Waals surface area (Å²) in [5.74, 6) is 0. The average molecular weight is 180 g/mol. The second-order valence-electron chi connectivity index (χ2n) is 2.34. The summed E-state index contributed by atoms with van der Waals surface area (Å²) in [4.78, 5) is 4.10. The van der Waals surface area contributed by atoms with Gasteiger partial charge in [0.05, 0.1) is 6.20 Å². The number of pyridine rings is 1. The second-order valence-corrected chi connectivity index (χ2v) is 2.66. The zero-order valence-corrected chi connectivity index (χ0v) is 6.99. The standard InChI is InChI=1S/C8H6ClN3/c1-2-6-3-4-10-7-5-11-12(9)8(6)7/h2-5H,1H2. The van der Waals surface area contributed by atoms with Crippen LogP contribution >= 0.6 is 11.8 Å². The van der Waals surface area contributed by atoms with Crippen molar-refractivity contribution >= 4 is 28.9 Å². The van der Waals surface area contributed by atoms with E-state index in [9.17, 15) is 0 Å². The normalized spacial score (nSPS) is 10.4. The predicted molar refractivity (Wildman–Crippen MR) is 48.9 cm³/mol. The van der Waals surface area contributed by atoms with Crippen LogP contribution in [-0.2, 0) is 0 Å². The Balaban J connectivity index is 2.93. The van der Waals surface area contributed by atoms with Gasteiger partial charge in [-0.3, -0.25) is 4.98 Å². The van der Waals surface area contributed by atoms with Crippen LogP contribution in [0.4, 0.5) is 0 Å². The van der Waals surface area contributed by atoms with Crippen LogP contribution in [0.5, 0.6) is 0 Å². The highest BCUT2D eigenvalue weighted by molar-refractivity contribution is 6.18. The van der Waals surface area contributed by atoms with E-state index in [2.05, 4.69) is 16.7 Å². The maximum absolute atomic E-state index is 5.77. The number of nitrogens with zero attached hydrogens (tertiary/aromatic N) is 3. The summed E-state index contributed by atoms with van der Waals surface area (Å²) in [6.45, 7) is 3.67. The van der Waals surface area contributed by atoms with Crippen molar-refractivity contribution in [1.29, 1.82) is 0 Å². The van der Waals surface area contributed by atoms with Gasteiger partial charge in [0, 0.05) is 23.5 Å². The predicted octanol–water partition coefficient (Wildman–Crippen LogP) is 2.08. The van der Waals surface area contributed by atoms with E-state index < -0.39 is 0 Å². The van der Waals surface area contributed by atoms with Gasteiger partial charge in [-0.2, -0.15) is 9.30 Å². The molecule has 0 atom stereocenters. The Morgan fingerprint density at radius 2 is 2.42 bits per heavy atom. The van der Waals surface area contributed by atoms with Crippen molar-refractivity contribution < 1.29 is 0 Å². The molecule has 2 aromatic heterocycles. The van der Waals surface area contributed by atoms with E-state index in [0.29, 0.717) is 0 Å². The van der Waals surface area contributed by atoms with Gasteiger partial charge in [-0.25, -0.2) is 0 Å². The molecule has 0 fully saturated rings. The molecule has 3 nitrogen and oxygen atoms in total. The third-order valence-corrected chi connectivity index (χ3v) is 1.93. The molecule has 0 radical (unpaired) electrons. The molecule has 0 aliphatic rings. The van der Waals surface area contributed by atoms with Crippen LogP contribution in [0.3, 0.4) is 0 Å². The number of hydrogen-bond donors (Lipinski definition) is 0. The van der Waals surface area contributed by atoms with Gasteiger partial charge in [0.15, 0.2) is 0 Å². The first-order valence-corrected chi connectivity index (χ1v) is 3.78. The lowest BCUT2D eigenvalue weighted by atomic mass is 10.2. The van der Waals surface area contributed by atoms with Gasteiger partial charge in [-0.15, -0.1) is 0 Å². The largest absolute Gasteiger partial charge is 0.253 e. The van der Waals surface area contributed by atoms with Crippen molar-refractivity contribution in [3.8, 4) is 0 Å². The van der Waals surface area contributed by atoms with E-state index in [-0.39, 0.29) is 0 Å². The molecule has 0 saturated carbocycles. The maximum Gasteiger partial charge on any atom is 0.113 e. The van der Waals surface area contributed by atoms with Crippen LogP contribution in [-0.4, -0.2) is 14.3 Å². The molecule has 0 unspecified atom stereocenters. The number of fused-ring (bicyclic) bond motifs is 1. The Hall–Kier alpha value is -1.35. The summed E-state index contributed by atoms with van der Waals surface area (Å²) in [7, 11) is 0. The molecule has 0 bridgehead atoms. The van der Waals surface area contributed by atoms with Crippen molar-refractivity contribution in [2.75, 3.05) is 0 Å². The molecule has 0 amide bonds. The lowest BCUT2D eigenvalue weighted by molar-refractivity contribution is 1.02. The third-order valence-electron chi connectivity index (χ3n) is 1.67. The minimum absolute atomic E-state index is 0.780. The van der Waals surface area contributed by atoms with E-state index in [1.807, 2.05) is 6.07 Å². The Morgan fingerprint density at radius 3 is 3.17 bits per heavy atom. The molecule has 0 aromatic carbocycles. The van der Waals surface area contributed by atoms with Gasteiger partial charge < -0.3 is 0 Å². The first kappa shape index (κ1) is 7.31.